The molecule has 0 atom stereocenters. The van der Waals surface area contributed by atoms with Crippen LogP contribution < -0.4 is 9.47 Å². The summed E-state index contributed by atoms with van der Waals surface area (Å²) in [6, 6.07) is 7.99. The van der Waals surface area contributed by atoms with Gasteiger partial charge >= 0.3 is 0 Å². The van der Waals surface area contributed by atoms with Crippen molar-refractivity contribution in [3.63, 3.8) is 0 Å². The summed E-state index contributed by atoms with van der Waals surface area (Å²) in [7, 11) is 0. The molecule has 0 spiro atoms. The van der Waals surface area contributed by atoms with Crippen LogP contribution in [0.5, 0.6) is 11.6 Å². The molecule has 4 aromatic rings. The van der Waals surface area contributed by atoms with E-state index >= 15 is 0 Å². The fourth-order valence-corrected chi connectivity index (χ4v) is 3.01. The predicted molar refractivity (Wildman–Crippen MR) is 88.2 cm³/mol. The van der Waals surface area contributed by atoms with Gasteiger partial charge in [-0.2, -0.15) is 9.71 Å². The number of pyridine rings is 1. The van der Waals surface area contributed by atoms with E-state index in [0.29, 0.717) is 26.3 Å². The van der Waals surface area contributed by atoms with Crippen LogP contribution in [-0.2, 0) is 0 Å². The Hall–Kier alpha value is -3.13. The Bertz CT molecular complexity index is 1070. The molecule has 25 heavy (non-hydrogen) atoms. The molecule has 1 aromatic carbocycles. The molecule has 0 saturated heterocycles. The fraction of sp³-hybridized carbons (Fsp3) is 0. The third-order valence-corrected chi connectivity index (χ3v) is 4.32. The third-order valence-electron chi connectivity index (χ3n) is 3.43. The number of thiophene rings is 1. The van der Waals surface area contributed by atoms with Crippen molar-refractivity contribution in [2.75, 3.05) is 0 Å². The zero-order valence-electron chi connectivity index (χ0n) is 12.5. The summed E-state index contributed by atoms with van der Waals surface area (Å²) in [6.07, 6.45) is 2.66. The molecular formula is C17H9F2N3O2S. The molecule has 0 bridgehead atoms. The van der Waals surface area contributed by atoms with E-state index < -0.39 is 11.6 Å². The van der Waals surface area contributed by atoms with E-state index in [1.165, 1.54) is 29.8 Å². The van der Waals surface area contributed by atoms with E-state index in [2.05, 4.69) is 9.97 Å². The first kappa shape index (κ1) is 15.4. The summed E-state index contributed by atoms with van der Waals surface area (Å²) >= 11 is 1.35. The molecule has 0 aliphatic heterocycles. The van der Waals surface area contributed by atoms with Gasteiger partial charge in [0.2, 0.25) is 5.88 Å². The maximum atomic E-state index is 13.9. The second-order valence-corrected chi connectivity index (χ2v) is 6.03. The molecule has 0 saturated carbocycles. The van der Waals surface area contributed by atoms with E-state index in [9.17, 15) is 14.0 Å². The molecule has 3 heterocycles. The number of nitrogens with zero attached hydrogens (tertiary/aromatic N) is 3. The highest BCUT2D eigenvalue weighted by Gasteiger charge is 2.15. The van der Waals surface area contributed by atoms with Gasteiger partial charge in [-0.3, -0.25) is 0 Å². The average molecular weight is 357 g/mol. The normalized spacial score (nSPS) is 11.0. The number of hydrogen-bond acceptors (Lipinski definition) is 5. The molecule has 0 aliphatic carbocycles. The van der Waals surface area contributed by atoms with Gasteiger partial charge in [-0.15, -0.1) is 11.3 Å². The molecule has 0 radical (unpaired) electrons. The average Bonchev–Trinajstić information content (AvgIpc) is 3.07. The monoisotopic (exact) mass is 357 g/mol. The summed E-state index contributed by atoms with van der Waals surface area (Å²) in [5.41, 5.74) is 1.25. The quantitative estimate of drug-likeness (QED) is 0.410. The van der Waals surface area contributed by atoms with Crippen LogP contribution in [0.25, 0.3) is 21.6 Å². The maximum absolute atomic E-state index is 13.9. The zero-order valence-corrected chi connectivity index (χ0v) is 13.3. The van der Waals surface area contributed by atoms with E-state index in [1.807, 2.05) is 5.38 Å². The molecule has 3 aromatic heterocycles. The van der Waals surface area contributed by atoms with Crippen LogP contribution in [0.2, 0.25) is 0 Å². The Morgan fingerprint density at radius 1 is 1.04 bits per heavy atom. The molecule has 0 aliphatic rings. The van der Waals surface area contributed by atoms with Crippen molar-refractivity contribution < 1.29 is 18.2 Å². The number of hydrogen-bond donors (Lipinski definition) is 0. The van der Waals surface area contributed by atoms with Crippen molar-refractivity contribution in [1.82, 2.24) is 9.97 Å². The molecule has 0 unspecified atom stereocenters. The summed E-state index contributed by atoms with van der Waals surface area (Å²) in [5, 5.41) is 13.0. The minimum atomic E-state index is -0.822. The zero-order chi connectivity index (χ0) is 17.4. The first-order valence-corrected chi connectivity index (χ1v) is 8.05. The largest absolute Gasteiger partial charge is 0.619 e. The highest BCUT2D eigenvalue weighted by molar-refractivity contribution is 7.17. The van der Waals surface area contributed by atoms with Crippen molar-refractivity contribution >= 4 is 21.6 Å². The van der Waals surface area contributed by atoms with Gasteiger partial charge in [0.1, 0.15) is 10.5 Å². The Morgan fingerprint density at radius 3 is 2.60 bits per heavy atom. The van der Waals surface area contributed by atoms with Crippen molar-refractivity contribution in [3.8, 4) is 23.0 Å². The third kappa shape index (κ3) is 2.99. The smallest absolute Gasteiger partial charge is 0.241 e. The topological polar surface area (TPSA) is 62.0 Å². The van der Waals surface area contributed by atoms with Crippen LogP contribution in [-0.4, -0.2) is 9.97 Å². The lowest BCUT2D eigenvalue weighted by molar-refractivity contribution is -0.605. The van der Waals surface area contributed by atoms with Gasteiger partial charge < -0.3 is 9.94 Å². The number of fused-ring (bicyclic) bond motifs is 1. The number of rotatable bonds is 3. The van der Waals surface area contributed by atoms with Crippen LogP contribution in [0.1, 0.15) is 0 Å². The molecule has 4 rings (SSSR count). The lowest BCUT2D eigenvalue weighted by atomic mass is 10.2. The first-order chi connectivity index (χ1) is 12.1. The van der Waals surface area contributed by atoms with Gasteiger partial charge in [-0.1, -0.05) is 0 Å². The van der Waals surface area contributed by atoms with E-state index in [1.54, 1.807) is 18.2 Å². The summed E-state index contributed by atoms with van der Waals surface area (Å²) < 4.78 is 33.8. The number of halogens is 2. The van der Waals surface area contributed by atoms with Crippen molar-refractivity contribution in [2.45, 2.75) is 0 Å². The van der Waals surface area contributed by atoms with Gasteiger partial charge in [-0.25, -0.2) is 13.8 Å². The van der Waals surface area contributed by atoms with E-state index in [-0.39, 0.29) is 11.6 Å². The Labute approximate surface area is 144 Å². The van der Waals surface area contributed by atoms with Crippen LogP contribution in [0.4, 0.5) is 8.78 Å². The minimum Gasteiger partial charge on any atom is -0.619 e. The highest BCUT2D eigenvalue weighted by atomic mass is 32.1. The molecule has 5 nitrogen and oxygen atoms in total. The van der Waals surface area contributed by atoms with Gasteiger partial charge in [0.05, 0.1) is 5.52 Å². The molecule has 0 fully saturated rings. The molecule has 0 amide bonds. The lowest BCUT2D eigenvalue weighted by Gasteiger charge is -2.08. The summed E-state index contributed by atoms with van der Waals surface area (Å²) in [4.78, 5) is 8.77. The van der Waals surface area contributed by atoms with E-state index in [0.717, 1.165) is 12.1 Å². The standard InChI is InChI=1S/C17H9F2N3O2S/c18-11-1-2-14(12(19)9-11)24-17-15-13(5-8-25-15)20-16(21-17)10-3-6-22(23)7-4-10/h1-9H. The molecule has 124 valence electrons. The van der Waals surface area contributed by atoms with Crippen LogP contribution in [0.3, 0.4) is 0 Å². The summed E-state index contributed by atoms with van der Waals surface area (Å²) in [6.45, 7) is 0. The first-order valence-electron chi connectivity index (χ1n) is 7.17. The highest BCUT2D eigenvalue weighted by Crippen LogP contribution is 2.34. The van der Waals surface area contributed by atoms with Crippen LogP contribution in [0, 0.1) is 16.8 Å². The van der Waals surface area contributed by atoms with Crippen LogP contribution in [0.15, 0.2) is 54.2 Å². The van der Waals surface area contributed by atoms with Gasteiger partial charge in [0, 0.05) is 23.8 Å². The molecule has 0 N–H and O–H groups in total. The summed E-state index contributed by atoms with van der Waals surface area (Å²) in [5.74, 6) is -1.14. The molecule has 8 heteroatoms. The van der Waals surface area contributed by atoms with Crippen molar-refractivity contribution in [3.05, 3.63) is 71.0 Å². The van der Waals surface area contributed by atoms with E-state index in [4.69, 9.17) is 4.74 Å². The molecular weight excluding hydrogens is 348 g/mol. The second-order valence-electron chi connectivity index (χ2n) is 5.11. The minimum absolute atomic E-state index is 0.133. The Morgan fingerprint density at radius 2 is 1.84 bits per heavy atom. The maximum Gasteiger partial charge on any atom is 0.241 e. The van der Waals surface area contributed by atoms with Crippen LogP contribution >= 0.6 is 11.3 Å². The predicted octanol–water partition coefficient (Wildman–Crippen LogP) is 4.06. The number of benzene rings is 1. The lowest BCUT2D eigenvalue weighted by Crippen LogP contribution is -2.23. The second kappa shape index (κ2) is 6.06. The fourth-order valence-electron chi connectivity index (χ4n) is 2.26. The van der Waals surface area contributed by atoms with Gasteiger partial charge in [-0.05, 0) is 23.6 Å². The Balaban J connectivity index is 1.82. The van der Waals surface area contributed by atoms with Gasteiger partial charge in [0.25, 0.3) is 0 Å². The van der Waals surface area contributed by atoms with Gasteiger partial charge in [0.15, 0.2) is 29.8 Å². The van der Waals surface area contributed by atoms with Crippen molar-refractivity contribution in [1.29, 1.82) is 0 Å². The van der Waals surface area contributed by atoms with Crippen molar-refractivity contribution in [2.24, 2.45) is 0 Å². The number of aromatic nitrogens is 3. The number of ether oxygens (including phenoxy) is 1. The Kier molecular flexibility index (Phi) is 3.73. The SMILES string of the molecule is [O-][n+]1ccc(-c2nc(Oc3ccc(F)cc3F)c3sccc3n2)cc1.